The number of fused-ring (bicyclic) bond motifs is 2. The summed E-state index contributed by atoms with van der Waals surface area (Å²) in [5.41, 5.74) is 2.17. The highest BCUT2D eigenvalue weighted by molar-refractivity contribution is 14.1. The van der Waals surface area contributed by atoms with E-state index in [4.69, 9.17) is 0 Å². The smallest absolute Gasteiger partial charge is 0.258 e. The van der Waals surface area contributed by atoms with Crippen LogP contribution < -0.4 is 24.0 Å². The number of hydrogen-bond acceptors (Lipinski definition) is 1. The van der Waals surface area contributed by atoms with Crippen LogP contribution >= 0.6 is 56.5 Å². The third-order valence-corrected chi connectivity index (χ3v) is 4.74. The molecule has 0 radical (unpaired) electrons. The second kappa shape index (κ2) is 5.74. The van der Waals surface area contributed by atoms with Crippen LogP contribution in [0.15, 0.2) is 36.4 Å². The van der Waals surface area contributed by atoms with Crippen LogP contribution in [-0.2, 0) is 0 Å². The quantitative estimate of drug-likeness (QED) is 0.227. The summed E-state index contributed by atoms with van der Waals surface area (Å²) in [5, 5.41) is 0. The van der Waals surface area contributed by atoms with Crippen molar-refractivity contribution in [2.24, 2.45) is 0 Å². The molecule has 1 heterocycles. The summed E-state index contributed by atoms with van der Waals surface area (Å²) in [5.74, 6) is 0. The van der Waals surface area contributed by atoms with Gasteiger partial charge >= 0.3 is 0 Å². The summed E-state index contributed by atoms with van der Waals surface area (Å²) >= 11 is 6.48. The molecule has 0 fully saturated rings. The van der Waals surface area contributed by atoms with Crippen molar-refractivity contribution >= 4 is 77.0 Å². The fraction of sp³-hybridized carbons (Fsp3) is 0. The monoisotopic (exact) mass is 577 g/mol. The van der Waals surface area contributed by atoms with Crippen molar-refractivity contribution in [3.8, 4) is 0 Å². The van der Waals surface area contributed by atoms with Crippen LogP contribution in [0.4, 0.5) is 0 Å². The molecule has 0 bridgehead atoms. The average Bonchev–Trinajstić information content (AvgIpc) is 2.26. The molecule has 0 saturated carbocycles. The van der Waals surface area contributed by atoms with E-state index in [1.807, 2.05) is 11.3 Å². The number of benzene rings is 2. The van der Waals surface area contributed by atoms with Gasteiger partial charge in [-0.05, 0) is 69.4 Å². The molecule has 0 aliphatic carbocycles. The second-order valence-electron chi connectivity index (χ2n) is 3.44. The van der Waals surface area contributed by atoms with E-state index < -0.39 is 0 Å². The van der Waals surface area contributed by atoms with Crippen LogP contribution in [0.2, 0.25) is 0 Å². The predicted octanol–water partition coefficient (Wildman–Crippen LogP) is 1.94. The molecule has 0 unspecified atom stereocenters. The minimum absolute atomic E-state index is 0. The van der Waals surface area contributed by atoms with Crippen molar-refractivity contribution in [2.45, 2.75) is 0 Å². The Balaban J connectivity index is 0.00000108. The lowest BCUT2D eigenvalue weighted by Gasteiger charge is -1.93. The maximum Gasteiger partial charge on any atom is 0.258 e. The van der Waals surface area contributed by atoms with Crippen molar-refractivity contribution in [3.05, 3.63) is 43.5 Å². The molecule has 3 aromatic rings. The van der Waals surface area contributed by atoms with E-state index in [0.717, 1.165) is 11.0 Å². The minimum atomic E-state index is 0. The van der Waals surface area contributed by atoms with E-state index in [0.29, 0.717) is 0 Å². The van der Waals surface area contributed by atoms with Crippen LogP contribution in [0.5, 0.6) is 0 Å². The van der Waals surface area contributed by atoms with Crippen molar-refractivity contribution < 1.29 is 24.0 Å². The molecule has 0 aliphatic heterocycles. The Morgan fingerprint density at radius 3 is 1.76 bits per heavy atom. The molecule has 2 aromatic carbocycles. The summed E-state index contributed by atoms with van der Waals surface area (Å²) in [6.45, 7) is 0. The van der Waals surface area contributed by atoms with Gasteiger partial charge in [-0.2, -0.15) is 0 Å². The molecule has 0 aliphatic rings. The van der Waals surface area contributed by atoms with E-state index in [2.05, 4.69) is 86.6 Å². The van der Waals surface area contributed by atoms with E-state index in [1.165, 1.54) is 16.5 Å². The number of hydrogen-bond donors (Lipinski definition) is 0. The summed E-state index contributed by atoms with van der Waals surface area (Å²) in [6, 6.07) is 12.7. The molecule has 5 heteroatoms. The molecule has 0 atom stereocenters. The van der Waals surface area contributed by atoms with Crippen molar-refractivity contribution in [2.75, 3.05) is 0 Å². The van der Waals surface area contributed by atoms with Crippen molar-refractivity contribution in [1.29, 1.82) is 0 Å². The number of nitrogens with zero attached hydrogens (tertiary/aromatic N) is 1. The highest BCUT2D eigenvalue weighted by Gasteiger charge is 2.12. The van der Waals surface area contributed by atoms with Gasteiger partial charge in [0.05, 0.1) is 0 Å². The van der Waals surface area contributed by atoms with Crippen LogP contribution in [0.25, 0.3) is 20.4 Å². The zero-order valence-corrected chi connectivity index (χ0v) is 15.7. The van der Waals surface area contributed by atoms with Gasteiger partial charge in [-0.3, -0.25) is 0 Å². The topological polar surface area (TPSA) is 12.9 Å². The molecule has 0 saturated heterocycles. The Labute approximate surface area is 147 Å². The lowest BCUT2D eigenvalue weighted by molar-refractivity contribution is -0.00000276. The fourth-order valence-corrected chi connectivity index (χ4v) is 4.02. The lowest BCUT2D eigenvalue weighted by atomic mass is 10.3. The Bertz CT molecular complexity index is 643. The van der Waals surface area contributed by atoms with Gasteiger partial charge in [0.2, 0.25) is 11.3 Å². The molecule has 17 heavy (non-hydrogen) atoms. The first-order valence-electron chi connectivity index (χ1n) is 4.71. The number of halogens is 3. The zero-order chi connectivity index (χ0) is 11.1. The van der Waals surface area contributed by atoms with E-state index >= 15 is 0 Å². The van der Waals surface area contributed by atoms with Gasteiger partial charge in [-0.25, -0.2) is 4.98 Å². The highest BCUT2D eigenvalue weighted by Crippen LogP contribution is 2.27. The first-order chi connectivity index (χ1) is 7.72. The minimum Gasteiger partial charge on any atom is -1.00 e. The largest absolute Gasteiger partial charge is 1.00 e. The van der Waals surface area contributed by atoms with E-state index in [-0.39, 0.29) is 24.0 Å². The first-order valence-corrected chi connectivity index (χ1v) is 7.68. The summed E-state index contributed by atoms with van der Waals surface area (Å²) in [4.78, 5) is 4.66. The van der Waals surface area contributed by atoms with Gasteiger partial charge in [0.25, 0.3) is 9.40 Å². The maximum atomic E-state index is 4.66. The molecule has 0 amide bonds. The first kappa shape index (κ1) is 14.1. The summed E-state index contributed by atoms with van der Waals surface area (Å²) in [7, 11) is 0. The standard InChI is InChI=1S/C12H6I2NS.HI/c13-7-1-3-9-11(5-7)16-12-6-8(14)2-4-10(12)15-9;/h1-6H;1H/q+1;/p-1. The van der Waals surface area contributed by atoms with Crippen LogP contribution in [0.3, 0.4) is 0 Å². The molecule has 1 aromatic heterocycles. The van der Waals surface area contributed by atoms with Crippen LogP contribution in [0.1, 0.15) is 0 Å². The van der Waals surface area contributed by atoms with Crippen LogP contribution in [0, 0.1) is 7.14 Å². The second-order valence-corrected chi connectivity index (χ2v) is 7.01. The Morgan fingerprint density at radius 2 is 1.29 bits per heavy atom. The molecule has 3 rings (SSSR count). The molecule has 0 spiro atoms. The van der Waals surface area contributed by atoms with Gasteiger partial charge in [-0.1, -0.05) is 0 Å². The predicted molar refractivity (Wildman–Crippen MR) is 87.0 cm³/mol. The molecule has 86 valence electrons. The summed E-state index contributed by atoms with van der Waals surface area (Å²) < 4.78 is 5.02. The van der Waals surface area contributed by atoms with Crippen molar-refractivity contribution in [1.82, 2.24) is 4.98 Å². The zero-order valence-electron chi connectivity index (χ0n) is 8.45. The third-order valence-electron chi connectivity index (χ3n) is 2.30. The van der Waals surface area contributed by atoms with Gasteiger partial charge in [0.15, 0.2) is 0 Å². The maximum absolute atomic E-state index is 4.66. The third kappa shape index (κ3) is 2.98. The SMILES string of the molecule is Ic1ccc2nc3ccc(I)cc3[s+]c2c1.[I-]. The Kier molecular flexibility index (Phi) is 4.75. The Hall–Kier alpha value is 0.650. The molecule has 1 nitrogen and oxygen atoms in total. The highest BCUT2D eigenvalue weighted by atomic mass is 127. The van der Waals surface area contributed by atoms with Gasteiger partial charge < -0.3 is 24.0 Å². The summed E-state index contributed by atoms with van der Waals surface area (Å²) in [6.07, 6.45) is 0. The molecule has 0 N–H and O–H groups in total. The van der Waals surface area contributed by atoms with Gasteiger partial charge in [0.1, 0.15) is 11.0 Å². The lowest BCUT2D eigenvalue weighted by Crippen LogP contribution is -3.00. The molecular weight excluding hydrogens is 571 g/mol. The normalized spacial score (nSPS) is 10.5. The Morgan fingerprint density at radius 1 is 0.824 bits per heavy atom. The number of aromatic nitrogens is 1. The van der Waals surface area contributed by atoms with E-state index in [9.17, 15) is 0 Å². The average molecular weight is 577 g/mol. The van der Waals surface area contributed by atoms with Gasteiger partial charge in [0, 0.05) is 19.3 Å². The molecular formula is C12H6I3NS. The van der Waals surface area contributed by atoms with Crippen LogP contribution in [-0.4, -0.2) is 4.98 Å². The number of rotatable bonds is 0. The van der Waals surface area contributed by atoms with Gasteiger partial charge in [-0.15, -0.1) is 0 Å². The van der Waals surface area contributed by atoms with E-state index in [1.54, 1.807) is 0 Å². The van der Waals surface area contributed by atoms with Crippen molar-refractivity contribution in [3.63, 3.8) is 0 Å². The fourth-order valence-electron chi connectivity index (χ4n) is 1.57.